The molecule has 0 unspecified atom stereocenters. The Morgan fingerprint density at radius 3 is 2.27 bits per heavy atom. The standard InChI is InChI=1S/C23H33N5O5/c1-23(2)21(30)28(22(31)25-23)7-3-4-20(29)24-18-6-5-17(26-8-12-32-13-9-26)16-19(18)27-10-14-33-15-11-27/h5-6,16H,3-4,7-15H2,1-2H3,(H,24,29)(H,25,31). The molecular formula is C23H33N5O5. The molecule has 3 heterocycles. The second kappa shape index (κ2) is 9.96. The highest BCUT2D eigenvalue weighted by atomic mass is 16.5. The Bertz CT molecular complexity index is 893. The van der Waals surface area contributed by atoms with Gasteiger partial charge in [0.2, 0.25) is 5.91 Å². The number of hydrogen-bond acceptors (Lipinski definition) is 7. The molecule has 3 fully saturated rings. The van der Waals surface area contributed by atoms with Gasteiger partial charge < -0.3 is 29.9 Å². The molecule has 0 aliphatic carbocycles. The van der Waals surface area contributed by atoms with Gasteiger partial charge in [-0.05, 0) is 38.5 Å². The lowest BCUT2D eigenvalue weighted by Crippen LogP contribution is -2.40. The molecule has 4 rings (SSSR count). The molecule has 0 aromatic heterocycles. The Hall–Kier alpha value is -2.85. The predicted octanol–water partition coefficient (Wildman–Crippen LogP) is 1.41. The Morgan fingerprint density at radius 1 is 1.03 bits per heavy atom. The highest BCUT2D eigenvalue weighted by Crippen LogP contribution is 2.32. The van der Waals surface area contributed by atoms with Gasteiger partial charge in [0.05, 0.1) is 37.8 Å². The molecule has 3 saturated heterocycles. The van der Waals surface area contributed by atoms with Crippen LogP contribution in [0.4, 0.5) is 21.9 Å². The van der Waals surface area contributed by atoms with E-state index in [2.05, 4.69) is 26.5 Å². The fraction of sp³-hybridized carbons (Fsp3) is 0.609. The van der Waals surface area contributed by atoms with Crippen LogP contribution in [0.25, 0.3) is 0 Å². The van der Waals surface area contributed by atoms with Gasteiger partial charge in [-0.25, -0.2) is 4.79 Å². The van der Waals surface area contributed by atoms with Crippen LogP contribution in [0.2, 0.25) is 0 Å². The Kier molecular flexibility index (Phi) is 7.04. The number of nitrogens with one attached hydrogen (secondary N) is 2. The topological polar surface area (TPSA) is 103 Å². The summed E-state index contributed by atoms with van der Waals surface area (Å²) in [5, 5.41) is 5.69. The quantitative estimate of drug-likeness (QED) is 0.594. The Morgan fingerprint density at radius 2 is 1.67 bits per heavy atom. The van der Waals surface area contributed by atoms with Crippen LogP contribution in [-0.4, -0.2) is 87.4 Å². The molecule has 0 spiro atoms. The van der Waals surface area contributed by atoms with Crippen molar-refractivity contribution in [2.45, 2.75) is 32.2 Å². The molecular weight excluding hydrogens is 426 g/mol. The van der Waals surface area contributed by atoms with Crippen LogP contribution in [0.5, 0.6) is 0 Å². The zero-order valence-corrected chi connectivity index (χ0v) is 19.4. The van der Waals surface area contributed by atoms with Crippen molar-refractivity contribution in [3.8, 4) is 0 Å². The van der Waals surface area contributed by atoms with E-state index in [-0.39, 0.29) is 24.8 Å². The van der Waals surface area contributed by atoms with Crippen LogP contribution < -0.4 is 20.4 Å². The summed E-state index contributed by atoms with van der Waals surface area (Å²) >= 11 is 0. The van der Waals surface area contributed by atoms with Crippen molar-refractivity contribution < 1.29 is 23.9 Å². The number of nitrogens with zero attached hydrogens (tertiary/aromatic N) is 3. The number of amides is 4. The van der Waals surface area contributed by atoms with Crippen molar-refractivity contribution in [3.05, 3.63) is 18.2 Å². The van der Waals surface area contributed by atoms with Crippen molar-refractivity contribution in [1.29, 1.82) is 0 Å². The third kappa shape index (κ3) is 5.39. The molecule has 4 amide bonds. The number of ether oxygens (including phenoxy) is 2. The van der Waals surface area contributed by atoms with E-state index in [1.165, 1.54) is 4.90 Å². The molecule has 33 heavy (non-hydrogen) atoms. The first-order valence-corrected chi connectivity index (χ1v) is 11.6. The molecule has 10 heteroatoms. The van der Waals surface area contributed by atoms with Crippen LogP contribution in [-0.2, 0) is 19.1 Å². The number of anilines is 3. The molecule has 1 aromatic rings. The molecule has 10 nitrogen and oxygen atoms in total. The summed E-state index contributed by atoms with van der Waals surface area (Å²) in [5.41, 5.74) is 1.95. The van der Waals surface area contributed by atoms with Crippen LogP contribution in [0, 0.1) is 0 Å². The first-order valence-electron chi connectivity index (χ1n) is 11.6. The summed E-state index contributed by atoms with van der Waals surface area (Å²) in [4.78, 5) is 42.7. The molecule has 0 radical (unpaired) electrons. The summed E-state index contributed by atoms with van der Waals surface area (Å²) in [6.07, 6.45) is 0.616. The van der Waals surface area contributed by atoms with E-state index in [0.29, 0.717) is 32.8 Å². The van der Waals surface area contributed by atoms with Gasteiger partial charge in [-0.2, -0.15) is 0 Å². The molecule has 0 saturated carbocycles. The van der Waals surface area contributed by atoms with E-state index in [0.717, 1.165) is 43.2 Å². The molecule has 3 aliphatic rings. The van der Waals surface area contributed by atoms with Gasteiger partial charge >= 0.3 is 6.03 Å². The number of carbonyl (C=O) groups excluding carboxylic acids is 3. The number of urea groups is 1. The van der Waals surface area contributed by atoms with E-state index in [1.807, 2.05) is 12.1 Å². The minimum Gasteiger partial charge on any atom is -0.378 e. The SMILES string of the molecule is CC1(C)NC(=O)N(CCCC(=O)Nc2ccc(N3CCOCC3)cc2N2CCOCC2)C1=O. The first-order chi connectivity index (χ1) is 15.8. The van der Waals surface area contributed by atoms with E-state index >= 15 is 0 Å². The number of carbonyl (C=O) groups is 3. The maximum atomic E-state index is 12.7. The lowest BCUT2D eigenvalue weighted by atomic mass is 10.1. The van der Waals surface area contributed by atoms with Crippen molar-refractivity contribution >= 4 is 34.9 Å². The summed E-state index contributed by atoms with van der Waals surface area (Å²) in [5.74, 6) is -0.406. The van der Waals surface area contributed by atoms with Gasteiger partial charge in [0.25, 0.3) is 5.91 Å². The Balaban J connectivity index is 1.40. The average Bonchev–Trinajstić information content (AvgIpc) is 3.01. The predicted molar refractivity (Wildman–Crippen MR) is 125 cm³/mol. The lowest BCUT2D eigenvalue weighted by Gasteiger charge is -2.33. The summed E-state index contributed by atoms with van der Waals surface area (Å²) < 4.78 is 11.0. The van der Waals surface area contributed by atoms with Crippen LogP contribution in [0.1, 0.15) is 26.7 Å². The zero-order chi connectivity index (χ0) is 23.4. The fourth-order valence-corrected chi connectivity index (χ4v) is 4.34. The summed E-state index contributed by atoms with van der Waals surface area (Å²) in [7, 11) is 0. The van der Waals surface area contributed by atoms with E-state index in [4.69, 9.17) is 9.47 Å². The van der Waals surface area contributed by atoms with Crippen LogP contribution in [0.3, 0.4) is 0 Å². The number of hydrogen-bond donors (Lipinski definition) is 2. The molecule has 0 bridgehead atoms. The van der Waals surface area contributed by atoms with Crippen LogP contribution in [0.15, 0.2) is 18.2 Å². The van der Waals surface area contributed by atoms with E-state index in [9.17, 15) is 14.4 Å². The second-order valence-electron chi connectivity index (χ2n) is 9.06. The number of rotatable bonds is 7. The van der Waals surface area contributed by atoms with E-state index < -0.39 is 11.6 Å². The molecule has 3 aliphatic heterocycles. The number of benzene rings is 1. The minimum atomic E-state index is -0.894. The molecule has 180 valence electrons. The molecule has 2 N–H and O–H groups in total. The molecule has 1 aromatic carbocycles. The monoisotopic (exact) mass is 459 g/mol. The lowest BCUT2D eigenvalue weighted by molar-refractivity contribution is -0.130. The zero-order valence-electron chi connectivity index (χ0n) is 19.4. The smallest absolute Gasteiger partial charge is 0.325 e. The third-order valence-corrected chi connectivity index (χ3v) is 6.21. The fourth-order valence-electron chi connectivity index (χ4n) is 4.34. The van der Waals surface area contributed by atoms with E-state index in [1.54, 1.807) is 13.8 Å². The first kappa shape index (κ1) is 23.3. The van der Waals surface area contributed by atoms with Crippen molar-refractivity contribution in [2.75, 3.05) is 74.3 Å². The summed E-state index contributed by atoms with van der Waals surface area (Å²) in [6.45, 7) is 9.49. The van der Waals surface area contributed by atoms with Gasteiger partial charge in [0.1, 0.15) is 5.54 Å². The largest absolute Gasteiger partial charge is 0.378 e. The van der Waals surface area contributed by atoms with Gasteiger partial charge in [0.15, 0.2) is 0 Å². The normalized spacial score (nSPS) is 20.7. The van der Waals surface area contributed by atoms with Gasteiger partial charge in [-0.3, -0.25) is 14.5 Å². The van der Waals surface area contributed by atoms with Crippen molar-refractivity contribution in [2.24, 2.45) is 0 Å². The summed E-state index contributed by atoms with van der Waals surface area (Å²) in [6, 6.07) is 5.70. The maximum absolute atomic E-state index is 12.7. The minimum absolute atomic E-state index is 0.144. The second-order valence-corrected chi connectivity index (χ2v) is 9.06. The van der Waals surface area contributed by atoms with Crippen molar-refractivity contribution in [1.82, 2.24) is 10.2 Å². The highest BCUT2D eigenvalue weighted by Gasteiger charge is 2.43. The maximum Gasteiger partial charge on any atom is 0.325 e. The Labute approximate surface area is 194 Å². The highest BCUT2D eigenvalue weighted by molar-refractivity contribution is 6.06. The number of morpholine rings is 2. The van der Waals surface area contributed by atoms with Crippen LogP contribution >= 0.6 is 0 Å². The molecule has 0 atom stereocenters. The van der Waals surface area contributed by atoms with Gasteiger partial charge in [0, 0.05) is 44.8 Å². The van der Waals surface area contributed by atoms with Gasteiger partial charge in [-0.1, -0.05) is 0 Å². The van der Waals surface area contributed by atoms with Gasteiger partial charge in [-0.15, -0.1) is 0 Å². The third-order valence-electron chi connectivity index (χ3n) is 6.21. The van der Waals surface area contributed by atoms with Crippen molar-refractivity contribution in [3.63, 3.8) is 0 Å². The number of imide groups is 1. The average molecular weight is 460 g/mol.